The van der Waals surface area contributed by atoms with Gasteiger partial charge in [-0.3, -0.25) is 14.4 Å². The lowest BCUT2D eigenvalue weighted by Crippen LogP contribution is -2.52. The van der Waals surface area contributed by atoms with Crippen molar-refractivity contribution in [2.45, 2.75) is 96.0 Å². The van der Waals surface area contributed by atoms with Gasteiger partial charge in [-0.2, -0.15) is 28.6 Å². The predicted molar refractivity (Wildman–Crippen MR) is 460 cm³/mol. The summed E-state index contributed by atoms with van der Waals surface area (Å²) in [6.45, 7) is 29.1. The average molecular weight is 1760 g/mol. The number of methoxy groups -OCH3 is 2. The SMILES string of the molecule is CCCCO.CCc1cc(N)c(OC)cc1N1CCC(N2CCN(C)CC2)CC1.CCc1cc(Nc2ncc(Br)c(Nc3ccc(-n4cc(F)cn4)cc3P(C)(C)=O)n2)c(OC)cc1N1CCC(N2CCN(C)CC2)CC1.CP(C)(=O)c1cc(-n2cc(F)cn2)ccc1Nc1nc(Cl)ncc1Br.Cc1ccc(S(=O)(=O)O)cc1. The summed E-state index contributed by atoms with van der Waals surface area (Å²) < 4.78 is 97.9. The lowest BCUT2D eigenvalue weighted by atomic mass is 9.99. The summed E-state index contributed by atoms with van der Waals surface area (Å²) in [5.74, 6) is 1.95. The average Bonchev–Trinajstić information content (AvgIpc) is 1.34. The van der Waals surface area contributed by atoms with Crippen molar-refractivity contribution in [3.05, 3.63) is 165 Å². The van der Waals surface area contributed by atoms with Gasteiger partial charge in [0.15, 0.2) is 11.6 Å². The number of nitrogens with two attached hydrogens (primary N) is 1. The van der Waals surface area contributed by atoms with Crippen LogP contribution in [-0.4, -0.2) is 229 Å². The minimum Gasteiger partial charge on any atom is -0.495 e. The third kappa shape index (κ3) is 25.2. The maximum Gasteiger partial charge on any atom is 0.294 e. The van der Waals surface area contributed by atoms with Gasteiger partial charge in [-0.05, 0) is 208 Å². The fraction of sp³-hybridized carbons (Fsp3) is 0.443. The van der Waals surface area contributed by atoms with Gasteiger partial charge in [0.25, 0.3) is 10.1 Å². The van der Waals surface area contributed by atoms with Crippen molar-refractivity contribution in [1.82, 2.24) is 59.1 Å². The van der Waals surface area contributed by atoms with Crippen molar-refractivity contribution in [2.75, 3.05) is 172 Å². The number of piperidine rings is 2. The molecule has 0 bridgehead atoms. The minimum atomic E-state index is -4.02. The molecule has 4 fully saturated rings. The topological polar surface area (TPSA) is 296 Å². The fourth-order valence-electron chi connectivity index (χ4n) is 13.7. The van der Waals surface area contributed by atoms with E-state index in [1.807, 2.05) is 6.92 Å². The van der Waals surface area contributed by atoms with Crippen LogP contribution in [0.1, 0.15) is 76.0 Å². The summed E-state index contributed by atoms with van der Waals surface area (Å²) >= 11 is 12.7. The van der Waals surface area contributed by atoms with Gasteiger partial charge in [0.2, 0.25) is 11.2 Å². The molecule has 5 aromatic carbocycles. The largest absolute Gasteiger partial charge is 0.495 e. The Hall–Kier alpha value is -7.64. The number of aryl methyl sites for hydroxylation is 3. The number of ether oxygens (including phenoxy) is 2. The van der Waals surface area contributed by atoms with E-state index in [0.717, 1.165) is 138 Å². The Morgan fingerprint density at radius 3 is 1.43 bits per heavy atom. The lowest BCUT2D eigenvalue weighted by Gasteiger charge is -2.43. The van der Waals surface area contributed by atoms with E-state index < -0.39 is 36.0 Å². The number of nitrogens with zero attached hydrogens (tertiary/aromatic N) is 14. The number of aromatic nitrogens is 8. The molecule has 4 aliphatic heterocycles. The molecular formula is C79H107Br2ClF2N18O8P2S. The highest BCUT2D eigenvalue weighted by atomic mass is 79.9. The number of anilines is 9. The van der Waals surface area contributed by atoms with E-state index in [9.17, 15) is 26.3 Å². The van der Waals surface area contributed by atoms with Gasteiger partial charge in [-0.1, -0.05) is 44.9 Å². The van der Waals surface area contributed by atoms with Crippen LogP contribution >= 0.6 is 57.7 Å². The second-order valence-corrected chi connectivity index (χ2v) is 38.8. The van der Waals surface area contributed by atoms with Crippen LogP contribution in [0.5, 0.6) is 11.5 Å². The molecule has 26 nitrogen and oxygen atoms in total. The molecule has 34 heteroatoms. The number of hydrogen-bond donors (Lipinski definition) is 6. The molecule has 113 heavy (non-hydrogen) atoms. The number of aliphatic hydroxyl groups excluding tert-OH is 1. The molecule has 8 heterocycles. The smallest absolute Gasteiger partial charge is 0.294 e. The van der Waals surface area contributed by atoms with Crippen molar-refractivity contribution in [1.29, 1.82) is 0 Å². The first-order valence-electron chi connectivity index (χ1n) is 37.8. The van der Waals surface area contributed by atoms with Crippen LogP contribution in [0.25, 0.3) is 11.4 Å². The Balaban J connectivity index is 0.000000189. The van der Waals surface area contributed by atoms with Gasteiger partial charge in [0.1, 0.15) is 37.4 Å². The zero-order valence-electron chi connectivity index (χ0n) is 66.4. The summed E-state index contributed by atoms with van der Waals surface area (Å²) in [6.07, 6.45) is 16.7. The first-order valence-corrected chi connectivity index (χ1v) is 46.4. The minimum absolute atomic E-state index is 0.0666. The number of nitrogens with one attached hydrogen (secondary N) is 3. The highest BCUT2D eigenvalue weighted by molar-refractivity contribution is 9.11. The number of likely N-dealkylation sites (N-methyl/N-ethyl adjacent to an activating group) is 2. The summed E-state index contributed by atoms with van der Waals surface area (Å²) in [7, 11) is -1.62. The van der Waals surface area contributed by atoms with Gasteiger partial charge in [0.05, 0.1) is 87.0 Å². The molecule has 0 amide bonds. The molecule has 4 saturated heterocycles. The van der Waals surface area contributed by atoms with Crippen LogP contribution in [-0.2, 0) is 32.1 Å². The van der Waals surface area contributed by atoms with E-state index in [0.29, 0.717) is 72.5 Å². The van der Waals surface area contributed by atoms with Crippen LogP contribution in [0, 0.1) is 18.6 Å². The Labute approximate surface area is 685 Å². The van der Waals surface area contributed by atoms with Crippen LogP contribution < -0.4 is 51.6 Å². The summed E-state index contributed by atoms with van der Waals surface area (Å²) in [5.41, 5.74) is 16.1. The second kappa shape index (κ2) is 41.3. The van der Waals surface area contributed by atoms with Crippen molar-refractivity contribution >= 4 is 130 Å². The number of benzene rings is 5. The molecule has 0 radical (unpaired) electrons. The van der Waals surface area contributed by atoms with Gasteiger partial charge in [-0.25, -0.2) is 28.1 Å². The number of piperazine rings is 2. The molecule has 0 aliphatic carbocycles. The number of nitrogen functional groups attached to an aromatic ring is 1. The van der Waals surface area contributed by atoms with E-state index in [4.69, 9.17) is 41.5 Å². The van der Waals surface area contributed by atoms with Crippen molar-refractivity contribution in [3.63, 3.8) is 0 Å². The van der Waals surface area contributed by atoms with Gasteiger partial charge in [0, 0.05) is 144 Å². The molecule has 0 atom stereocenters. The first kappa shape index (κ1) is 89.3. The van der Waals surface area contributed by atoms with E-state index in [2.05, 4.69) is 161 Å². The van der Waals surface area contributed by atoms with Crippen molar-refractivity contribution < 1.29 is 45.5 Å². The zero-order chi connectivity index (χ0) is 81.9. The molecule has 9 aromatic rings. The second-order valence-electron chi connectivity index (χ2n) is 29.0. The molecule has 4 aromatic heterocycles. The van der Waals surface area contributed by atoms with Crippen molar-refractivity contribution in [2.24, 2.45) is 0 Å². The molecule has 7 N–H and O–H groups in total. The molecule has 13 rings (SSSR count). The quantitative estimate of drug-likeness (QED) is 0.0169. The standard InChI is InChI=1S/C34H44BrFN9O2P.C19H32N4O.C15H13BrClFN5OP.C7H8O3S.C4H10O/c1-6-23-17-29(31(47-3)19-30(23)44-11-9-25(10-12-44)43-15-13-42(2)14-16-43)40-34-37-21-27(35)33(41-34)39-28-8-7-26(18-32(28)48(4,5)46)45-22-24(36)20-38-45;1-4-15-13-17(20)19(24-3)14-18(15)23-7-5-16(6-8-23)22-11-9-21(2)10-12-22;1-25(2,24)13-5-10(23-8-9(18)6-20-23)3-4-12(13)21-14-11(16)7-19-15(17)22-14;1-6-2-4-7(5-3-6)11(8,9)10;1-2-3-4-5/h7-8,17-22,25H,6,9-16H2,1-5H3,(H2,37,39,40,41);13-14,16H,4-12,20H2,1-3H3;3-8H,1-2H3,(H,19,21,22);2-5H,1H3,(H,8,9,10);5H,2-4H2,1H3. The summed E-state index contributed by atoms with van der Waals surface area (Å²) in [4.78, 5) is 32.4. The molecule has 4 aliphatic rings. The summed E-state index contributed by atoms with van der Waals surface area (Å²) in [6, 6.07) is 26.4. The number of rotatable bonds is 21. The van der Waals surface area contributed by atoms with E-state index in [1.54, 1.807) is 95.6 Å². The number of unbranched alkanes of at least 4 members (excludes halogenated alkanes) is 1. The molecule has 612 valence electrons. The third-order valence-electron chi connectivity index (χ3n) is 20.1. The lowest BCUT2D eigenvalue weighted by molar-refractivity contribution is 0.0982. The first-order chi connectivity index (χ1) is 53.8. The van der Waals surface area contributed by atoms with Crippen LogP contribution in [0.2, 0.25) is 5.28 Å². The highest BCUT2D eigenvalue weighted by Gasteiger charge is 2.31. The van der Waals surface area contributed by atoms with Gasteiger partial charge in [-0.15, -0.1) is 0 Å². The summed E-state index contributed by atoms with van der Waals surface area (Å²) in [5, 5.41) is 27.1. The maximum atomic E-state index is 13.6. The number of halogens is 5. The van der Waals surface area contributed by atoms with E-state index in [1.165, 1.54) is 102 Å². The predicted octanol–water partition coefficient (Wildman–Crippen LogP) is 14.4. The van der Waals surface area contributed by atoms with E-state index in [-0.39, 0.29) is 10.2 Å². The molecular weight excluding hydrogens is 1660 g/mol. The monoisotopic (exact) mass is 1760 g/mol. The molecule has 0 saturated carbocycles. The normalized spacial score (nSPS) is 15.6. The van der Waals surface area contributed by atoms with Gasteiger partial charge >= 0.3 is 0 Å². The van der Waals surface area contributed by atoms with E-state index >= 15 is 0 Å². The molecule has 0 unspecified atom stereocenters. The van der Waals surface area contributed by atoms with Crippen LogP contribution in [0.3, 0.4) is 0 Å². The van der Waals surface area contributed by atoms with Crippen molar-refractivity contribution in [3.8, 4) is 22.9 Å². The Bertz CT molecular complexity index is 4840. The Morgan fingerprint density at radius 1 is 0.593 bits per heavy atom. The number of aliphatic hydroxyl groups is 1. The maximum absolute atomic E-state index is 13.6. The highest BCUT2D eigenvalue weighted by Crippen LogP contribution is 2.43. The Morgan fingerprint density at radius 2 is 1.04 bits per heavy atom. The molecule has 0 spiro atoms. The Kier molecular flexibility index (Phi) is 32.6. The van der Waals surface area contributed by atoms with Crippen LogP contribution in [0.4, 0.5) is 60.5 Å². The number of hydrogen-bond acceptors (Lipinski definition) is 23. The van der Waals surface area contributed by atoms with Gasteiger partial charge < -0.3 is 65.0 Å². The zero-order valence-corrected chi connectivity index (χ0v) is 73.0. The third-order valence-corrected chi connectivity index (χ3v) is 25.4. The van der Waals surface area contributed by atoms with Crippen LogP contribution in [0.15, 0.2) is 136 Å². The fourth-order valence-corrected chi connectivity index (χ4v) is 17.2.